The second-order valence-corrected chi connectivity index (χ2v) is 2.00. The molecule has 0 saturated heterocycles. The Bertz CT molecular complexity index is 185. The Labute approximate surface area is 53.7 Å². The van der Waals surface area contributed by atoms with Crippen LogP contribution in [0.4, 0.5) is 0 Å². The lowest BCUT2D eigenvalue weighted by molar-refractivity contribution is 0.446. The molecule has 1 rings (SSSR count). The number of aromatic nitrogens is 2. The lowest BCUT2D eigenvalue weighted by Crippen LogP contribution is -1.79. The normalized spacial score (nSPS) is 10.0. The number of nitrogens with one attached hydrogen (secondary N) is 1. The van der Waals surface area contributed by atoms with Crippen molar-refractivity contribution in [3.8, 4) is 5.88 Å². The Morgan fingerprint density at radius 3 is 2.56 bits per heavy atom. The van der Waals surface area contributed by atoms with Crippen LogP contribution < -0.4 is 0 Å². The van der Waals surface area contributed by atoms with Gasteiger partial charge >= 0.3 is 0 Å². The van der Waals surface area contributed by atoms with Crippen LogP contribution in [-0.2, 0) is 6.42 Å². The van der Waals surface area contributed by atoms with E-state index in [1.807, 2.05) is 13.8 Å². The van der Waals surface area contributed by atoms with Crippen LogP contribution in [0.2, 0.25) is 0 Å². The quantitative estimate of drug-likeness (QED) is 0.589. The molecular formula is C6H10N2O. The highest BCUT2D eigenvalue weighted by molar-refractivity contribution is 5.27. The van der Waals surface area contributed by atoms with Crippen molar-refractivity contribution in [1.82, 2.24) is 10.2 Å². The summed E-state index contributed by atoms with van der Waals surface area (Å²) in [6.07, 6.45) is 0.828. The van der Waals surface area contributed by atoms with Crippen LogP contribution in [0.15, 0.2) is 0 Å². The van der Waals surface area contributed by atoms with E-state index < -0.39 is 0 Å². The van der Waals surface area contributed by atoms with E-state index in [9.17, 15) is 0 Å². The molecule has 1 aromatic rings. The zero-order chi connectivity index (χ0) is 6.85. The second kappa shape index (κ2) is 2.09. The fourth-order valence-electron chi connectivity index (χ4n) is 0.863. The van der Waals surface area contributed by atoms with Gasteiger partial charge in [-0.15, -0.1) is 5.10 Å². The molecule has 0 radical (unpaired) electrons. The fraction of sp³-hybridized carbons (Fsp3) is 0.500. The average Bonchev–Trinajstić information content (AvgIpc) is 2.12. The Balaban J connectivity index is 3.07. The number of rotatable bonds is 1. The average molecular weight is 126 g/mol. The molecule has 9 heavy (non-hydrogen) atoms. The maximum Gasteiger partial charge on any atom is 0.233 e. The summed E-state index contributed by atoms with van der Waals surface area (Å²) >= 11 is 0. The maximum atomic E-state index is 8.99. The van der Waals surface area contributed by atoms with Gasteiger partial charge in [0.05, 0.1) is 0 Å². The SMILES string of the molecule is CCc1c(O)n[nH]c1C. The van der Waals surface area contributed by atoms with E-state index >= 15 is 0 Å². The smallest absolute Gasteiger partial charge is 0.233 e. The molecule has 3 heteroatoms. The lowest BCUT2D eigenvalue weighted by Gasteiger charge is -1.89. The summed E-state index contributed by atoms with van der Waals surface area (Å²) in [7, 11) is 0. The third-order valence-corrected chi connectivity index (χ3v) is 1.41. The summed E-state index contributed by atoms with van der Waals surface area (Å²) in [5.41, 5.74) is 1.87. The fourth-order valence-corrected chi connectivity index (χ4v) is 0.863. The highest BCUT2D eigenvalue weighted by Gasteiger charge is 2.04. The van der Waals surface area contributed by atoms with Crippen molar-refractivity contribution in [1.29, 1.82) is 0 Å². The molecule has 0 aromatic carbocycles. The topological polar surface area (TPSA) is 48.9 Å². The number of aromatic amines is 1. The summed E-state index contributed by atoms with van der Waals surface area (Å²) in [6.45, 7) is 3.88. The summed E-state index contributed by atoms with van der Waals surface area (Å²) in [4.78, 5) is 0. The third kappa shape index (κ3) is 0.896. The Hall–Kier alpha value is -0.990. The minimum atomic E-state index is 0.134. The zero-order valence-corrected chi connectivity index (χ0v) is 5.60. The minimum absolute atomic E-state index is 0.134. The van der Waals surface area contributed by atoms with Gasteiger partial charge in [0.1, 0.15) is 0 Å². The predicted molar refractivity (Wildman–Crippen MR) is 34.4 cm³/mol. The van der Waals surface area contributed by atoms with Crippen LogP contribution in [0, 0.1) is 6.92 Å². The van der Waals surface area contributed by atoms with Crippen molar-refractivity contribution in [3.05, 3.63) is 11.3 Å². The van der Waals surface area contributed by atoms with Crippen LogP contribution in [0.1, 0.15) is 18.2 Å². The van der Waals surface area contributed by atoms with Crippen molar-refractivity contribution in [2.24, 2.45) is 0 Å². The van der Waals surface area contributed by atoms with Gasteiger partial charge in [-0.05, 0) is 13.3 Å². The van der Waals surface area contributed by atoms with E-state index in [2.05, 4.69) is 10.2 Å². The summed E-state index contributed by atoms with van der Waals surface area (Å²) < 4.78 is 0. The number of hydrogen-bond acceptors (Lipinski definition) is 2. The molecule has 0 atom stereocenters. The Morgan fingerprint density at radius 2 is 2.33 bits per heavy atom. The molecule has 1 heterocycles. The van der Waals surface area contributed by atoms with Gasteiger partial charge in [0.25, 0.3) is 0 Å². The highest BCUT2D eigenvalue weighted by Crippen LogP contribution is 2.15. The van der Waals surface area contributed by atoms with Crippen LogP contribution in [-0.4, -0.2) is 15.3 Å². The number of aryl methyl sites for hydroxylation is 1. The molecule has 2 N–H and O–H groups in total. The van der Waals surface area contributed by atoms with Gasteiger partial charge in [-0.25, -0.2) is 0 Å². The molecular weight excluding hydrogens is 116 g/mol. The van der Waals surface area contributed by atoms with Crippen LogP contribution in [0.5, 0.6) is 5.88 Å². The minimum Gasteiger partial charge on any atom is -0.492 e. The molecule has 0 amide bonds. The van der Waals surface area contributed by atoms with Crippen molar-refractivity contribution in [2.75, 3.05) is 0 Å². The molecule has 0 aliphatic heterocycles. The van der Waals surface area contributed by atoms with E-state index in [1.54, 1.807) is 0 Å². The summed E-state index contributed by atoms with van der Waals surface area (Å²) in [5, 5.41) is 15.3. The molecule has 0 unspecified atom stereocenters. The molecule has 0 aliphatic carbocycles. The molecule has 0 bridgehead atoms. The van der Waals surface area contributed by atoms with Gasteiger partial charge < -0.3 is 5.11 Å². The van der Waals surface area contributed by atoms with Crippen molar-refractivity contribution >= 4 is 0 Å². The zero-order valence-electron chi connectivity index (χ0n) is 5.60. The number of aromatic hydroxyl groups is 1. The van der Waals surface area contributed by atoms with Gasteiger partial charge in [0.2, 0.25) is 5.88 Å². The molecule has 3 nitrogen and oxygen atoms in total. The third-order valence-electron chi connectivity index (χ3n) is 1.41. The van der Waals surface area contributed by atoms with Gasteiger partial charge in [-0.3, -0.25) is 5.10 Å². The van der Waals surface area contributed by atoms with Gasteiger partial charge in [-0.1, -0.05) is 6.92 Å². The van der Waals surface area contributed by atoms with E-state index in [1.165, 1.54) is 0 Å². The monoisotopic (exact) mass is 126 g/mol. The maximum absolute atomic E-state index is 8.99. The first-order valence-corrected chi connectivity index (χ1v) is 2.98. The van der Waals surface area contributed by atoms with Gasteiger partial charge in [-0.2, -0.15) is 0 Å². The van der Waals surface area contributed by atoms with Crippen molar-refractivity contribution in [3.63, 3.8) is 0 Å². The van der Waals surface area contributed by atoms with Crippen molar-refractivity contribution in [2.45, 2.75) is 20.3 Å². The molecule has 50 valence electrons. The first kappa shape index (κ1) is 6.13. The van der Waals surface area contributed by atoms with Crippen molar-refractivity contribution < 1.29 is 5.11 Å². The summed E-state index contributed by atoms with van der Waals surface area (Å²) in [6, 6.07) is 0. The largest absolute Gasteiger partial charge is 0.492 e. The lowest BCUT2D eigenvalue weighted by atomic mass is 10.2. The van der Waals surface area contributed by atoms with Gasteiger partial charge in [0.15, 0.2) is 0 Å². The van der Waals surface area contributed by atoms with E-state index in [0.29, 0.717) is 0 Å². The Kier molecular flexibility index (Phi) is 1.42. The highest BCUT2D eigenvalue weighted by atomic mass is 16.3. The van der Waals surface area contributed by atoms with E-state index in [-0.39, 0.29) is 5.88 Å². The first-order chi connectivity index (χ1) is 4.25. The Morgan fingerprint density at radius 1 is 1.67 bits per heavy atom. The molecule has 0 saturated carbocycles. The summed E-state index contributed by atoms with van der Waals surface area (Å²) in [5.74, 6) is 0.134. The van der Waals surface area contributed by atoms with Crippen LogP contribution >= 0.6 is 0 Å². The predicted octanol–water partition coefficient (Wildman–Crippen LogP) is 0.986. The van der Waals surface area contributed by atoms with Gasteiger partial charge in [0, 0.05) is 11.3 Å². The molecule has 1 aromatic heterocycles. The molecule has 0 aliphatic rings. The van der Waals surface area contributed by atoms with E-state index in [4.69, 9.17) is 5.11 Å². The van der Waals surface area contributed by atoms with Crippen LogP contribution in [0.25, 0.3) is 0 Å². The molecule has 0 fully saturated rings. The standard InChI is InChI=1S/C6H10N2O/c1-3-5-4(2)7-8-6(5)9/h3H2,1-2H3,(H2,7,8,9). The number of H-pyrrole nitrogens is 1. The first-order valence-electron chi connectivity index (χ1n) is 2.98. The van der Waals surface area contributed by atoms with Crippen LogP contribution in [0.3, 0.4) is 0 Å². The number of nitrogens with zero attached hydrogens (tertiary/aromatic N) is 1. The number of hydrogen-bond donors (Lipinski definition) is 2. The molecule has 0 spiro atoms. The van der Waals surface area contributed by atoms with E-state index in [0.717, 1.165) is 17.7 Å². The second-order valence-electron chi connectivity index (χ2n) is 2.00.